The summed E-state index contributed by atoms with van der Waals surface area (Å²) in [7, 11) is 7.48. The van der Waals surface area contributed by atoms with Gasteiger partial charge in [-0.15, -0.1) is 0 Å². The predicted octanol–water partition coefficient (Wildman–Crippen LogP) is 3.80. The van der Waals surface area contributed by atoms with E-state index < -0.39 is 12.0 Å². The Morgan fingerprint density at radius 2 is 1.98 bits per heavy atom. The summed E-state index contributed by atoms with van der Waals surface area (Å²) in [6.45, 7) is 6.91. The van der Waals surface area contributed by atoms with Gasteiger partial charge in [0.1, 0.15) is 17.8 Å². The summed E-state index contributed by atoms with van der Waals surface area (Å²) in [4.78, 5) is 17.2. The van der Waals surface area contributed by atoms with Crippen LogP contribution in [0, 0.1) is 24.1 Å². The summed E-state index contributed by atoms with van der Waals surface area (Å²) in [6, 6.07) is 10.7. The first-order valence-electron chi connectivity index (χ1n) is 12.5. The van der Waals surface area contributed by atoms with E-state index in [1.165, 1.54) is 6.08 Å². The van der Waals surface area contributed by atoms with Crippen molar-refractivity contribution in [3.63, 3.8) is 0 Å². The maximum Gasteiger partial charge on any atom is 0.229 e. The number of anilines is 4. The number of nitrogens with zero attached hydrogens (tertiary/aromatic N) is 7. The summed E-state index contributed by atoms with van der Waals surface area (Å²) in [5.74, 6) is 0.420. The number of imidazole rings is 1. The van der Waals surface area contributed by atoms with E-state index in [1.54, 1.807) is 42.9 Å². The number of ether oxygens (including phenoxy) is 1. The number of benzene rings is 2. The lowest BCUT2D eigenvalue weighted by atomic mass is 10.2. The summed E-state index contributed by atoms with van der Waals surface area (Å²) >= 11 is 0. The lowest BCUT2D eigenvalue weighted by Crippen LogP contribution is -2.29. The molecule has 3 N–H and O–H groups in total. The number of hydrogen-bond donors (Lipinski definition) is 3. The quantitative estimate of drug-likeness (QED) is 0.189. The minimum absolute atomic E-state index is 0.0213. The van der Waals surface area contributed by atoms with Gasteiger partial charge in [0.2, 0.25) is 5.95 Å². The highest BCUT2D eigenvalue weighted by Crippen LogP contribution is 2.38. The molecule has 0 saturated heterocycles. The first-order chi connectivity index (χ1) is 19.1. The van der Waals surface area contributed by atoms with Crippen molar-refractivity contribution in [2.24, 2.45) is 0 Å². The van der Waals surface area contributed by atoms with Crippen LogP contribution in [0.5, 0.6) is 5.75 Å². The zero-order chi connectivity index (χ0) is 29.0. The van der Waals surface area contributed by atoms with E-state index in [9.17, 15) is 10.4 Å². The van der Waals surface area contributed by atoms with Crippen LogP contribution in [0.2, 0.25) is 0 Å². The second kappa shape index (κ2) is 12.0. The third-order valence-corrected chi connectivity index (χ3v) is 6.27. The Hall–Kier alpha value is -4.73. The minimum atomic E-state index is -0.994. The highest BCUT2D eigenvalue weighted by Gasteiger charge is 2.19. The summed E-state index contributed by atoms with van der Waals surface area (Å²) in [5.41, 5.74) is 3.47. The van der Waals surface area contributed by atoms with E-state index >= 15 is 4.39 Å². The molecule has 0 saturated carbocycles. The molecule has 2 aromatic carbocycles. The van der Waals surface area contributed by atoms with Crippen molar-refractivity contribution in [3.8, 4) is 17.6 Å². The van der Waals surface area contributed by atoms with Crippen molar-refractivity contribution < 1.29 is 14.2 Å². The lowest BCUT2D eigenvalue weighted by Gasteiger charge is -2.27. The molecular weight excluding hydrogens is 513 g/mol. The van der Waals surface area contributed by atoms with Gasteiger partial charge in [0.15, 0.2) is 11.6 Å². The normalized spacial score (nSPS) is 11.8. The summed E-state index contributed by atoms with van der Waals surface area (Å²) in [5, 5.41) is 25.8. The Kier molecular flexibility index (Phi) is 8.47. The fraction of sp³-hybridized carbons (Fsp3) is 0.286. The number of aryl methyl sites for hydroxylation is 1. The van der Waals surface area contributed by atoms with Gasteiger partial charge in [-0.05, 0) is 51.4 Å². The van der Waals surface area contributed by atoms with Crippen LogP contribution in [-0.2, 0) is 0 Å². The average molecular weight is 546 g/mol. The SMILES string of the molecule is C=CC(O)Nc1cc(Nc2ncc(F)c(-n3c(C)nc4ccc(C#N)cc43)n2)c(OC)cc1N(C)CCN(C)C. The number of hydrogen-bond acceptors (Lipinski definition) is 10. The molecule has 1 unspecified atom stereocenters. The molecule has 0 aliphatic heterocycles. The predicted molar refractivity (Wildman–Crippen MR) is 154 cm³/mol. The first-order valence-corrected chi connectivity index (χ1v) is 12.5. The smallest absolute Gasteiger partial charge is 0.229 e. The third kappa shape index (κ3) is 5.96. The fourth-order valence-corrected chi connectivity index (χ4v) is 4.18. The Morgan fingerprint density at radius 3 is 2.65 bits per heavy atom. The van der Waals surface area contributed by atoms with E-state index in [0.29, 0.717) is 39.5 Å². The first kappa shape index (κ1) is 28.3. The second-order valence-corrected chi connectivity index (χ2v) is 9.42. The fourth-order valence-electron chi connectivity index (χ4n) is 4.18. The molecule has 11 nitrogen and oxygen atoms in total. The van der Waals surface area contributed by atoms with Gasteiger partial charge in [0, 0.05) is 26.2 Å². The zero-order valence-electron chi connectivity index (χ0n) is 23.1. The van der Waals surface area contributed by atoms with Gasteiger partial charge in [-0.1, -0.05) is 6.58 Å². The molecule has 2 aromatic heterocycles. The van der Waals surface area contributed by atoms with Crippen molar-refractivity contribution in [3.05, 3.63) is 66.4 Å². The number of rotatable bonds is 11. The highest BCUT2D eigenvalue weighted by atomic mass is 19.1. The number of aliphatic hydroxyl groups is 1. The van der Waals surface area contributed by atoms with Gasteiger partial charge in [0.25, 0.3) is 0 Å². The monoisotopic (exact) mass is 545 g/mol. The van der Waals surface area contributed by atoms with Crippen LogP contribution >= 0.6 is 0 Å². The van der Waals surface area contributed by atoms with E-state index in [0.717, 1.165) is 25.0 Å². The molecule has 0 amide bonds. The number of nitrogens with one attached hydrogen (secondary N) is 2. The molecule has 2 heterocycles. The molecule has 1 atom stereocenters. The van der Waals surface area contributed by atoms with Crippen molar-refractivity contribution in [1.82, 2.24) is 24.4 Å². The van der Waals surface area contributed by atoms with Gasteiger partial charge in [-0.25, -0.2) is 14.4 Å². The molecule has 0 spiro atoms. The molecule has 12 heteroatoms. The van der Waals surface area contributed by atoms with Crippen molar-refractivity contribution in [2.45, 2.75) is 13.2 Å². The molecular formula is C28H32FN9O2. The Morgan fingerprint density at radius 1 is 1.20 bits per heavy atom. The van der Waals surface area contributed by atoms with Crippen LogP contribution in [0.3, 0.4) is 0 Å². The van der Waals surface area contributed by atoms with E-state index in [4.69, 9.17) is 4.74 Å². The molecule has 0 aliphatic carbocycles. The van der Waals surface area contributed by atoms with Crippen LogP contribution in [0.15, 0.2) is 49.2 Å². The molecule has 0 radical (unpaired) electrons. The minimum Gasteiger partial charge on any atom is -0.494 e. The van der Waals surface area contributed by atoms with Gasteiger partial charge in [0.05, 0.1) is 53.0 Å². The number of aliphatic hydroxyl groups excluding tert-OH is 1. The lowest BCUT2D eigenvalue weighted by molar-refractivity contribution is 0.253. The Balaban J connectivity index is 1.76. The summed E-state index contributed by atoms with van der Waals surface area (Å²) in [6.07, 6.45) is 1.46. The third-order valence-electron chi connectivity index (χ3n) is 6.27. The highest BCUT2D eigenvalue weighted by molar-refractivity contribution is 5.82. The zero-order valence-corrected chi connectivity index (χ0v) is 23.1. The van der Waals surface area contributed by atoms with Crippen LogP contribution in [-0.4, -0.2) is 77.1 Å². The molecule has 0 fully saturated rings. The number of likely N-dealkylation sites (N-methyl/N-ethyl adjacent to an activating group) is 2. The number of aromatic nitrogens is 4. The standard InChI is InChI=1S/C28H32FN9O2/c1-7-26(39)33-21-13-22(25(40-6)14-23(21)37(5)11-10-36(3)4)34-28-31-16-19(29)27(35-28)38-17(2)32-20-9-8-18(15-30)12-24(20)38/h7-9,12-14,16,26,33,39H,1,10-11H2,2-6H3,(H,31,34,35). The molecule has 0 bridgehead atoms. The van der Waals surface area contributed by atoms with Gasteiger partial charge < -0.3 is 30.3 Å². The maximum atomic E-state index is 15.1. The molecule has 4 aromatic rings. The largest absolute Gasteiger partial charge is 0.494 e. The van der Waals surface area contributed by atoms with Crippen molar-refractivity contribution in [1.29, 1.82) is 5.26 Å². The molecule has 4 rings (SSSR count). The van der Waals surface area contributed by atoms with Gasteiger partial charge in [-0.3, -0.25) is 4.57 Å². The molecule has 208 valence electrons. The number of nitriles is 1. The average Bonchev–Trinajstić information content (AvgIpc) is 3.27. The van der Waals surface area contributed by atoms with Gasteiger partial charge >= 0.3 is 0 Å². The van der Waals surface area contributed by atoms with Crippen molar-refractivity contribution >= 4 is 34.0 Å². The Bertz CT molecular complexity index is 1580. The van der Waals surface area contributed by atoms with Crippen molar-refractivity contribution in [2.75, 3.05) is 56.9 Å². The molecule has 40 heavy (non-hydrogen) atoms. The van der Waals surface area contributed by atoms with E-state index in [2.05, 4.69) is 43.1 Å². The second-order valence-electron chi connectivity index (χ2n) is 9.42. The Labute approximate surface area is 232 Å². The molecule has 0 aliphatic rings. The van der Waals surface area contributed by atoms with E-state index in [-0.39, 0.29) is 11.8 Å². The number of fused-ring (bicyclic) bond motifs is 1. The maximum absolute atomic E-state index is 15.1. The summed E-state index contributed by atoms with van der Waals surface area (Å²) < 4.78 is 22.3. The van der Waals surface area contributed by atoms with Crippen LogP contribution in [0.4, 0.5) is 27.4 Å². The van der Waals surface area contributed by atoms with Crippen LogP contribution < -0.4 is 20.3 Å². The topological polar surface area (TPSA) is 127 Å². The number of halogens is 1. The van der Waals surface area contributed by atoms with Crippen LogP contribution in [0.1, 0.15) is 11.4 Å². The van der Waals surface area contributed by atoms with Crippen LogP contribution in [0.25, 0.3) is 16.9 Å². The van der Waals surface area contributed by atoms with Gasteiger partial charge in [-0.2, -0.15) is 10.2 Å². The number of methoxy groups -OCH3 is 1. The van der Waals surface area contributed by atoms with E-state index in [1.807, 2.05) is 32.1 Å².